The first kappa shape index (κ1) is 17.9. The van der Waals surface area contributed by atoms with Crippen LogP contribution < -0.4 is 0 Å². The van der Waals surface area contributed by atoms with Crippen molar-refractivity contribution in [3.63, 3.8) is 0 Å². The van der Waals surface area contributed by atoms with Crippen LogP contribution in [0, 0.1) is 0 Å². The topological polar surface area (TPSA) is 45.6 Å². The van der Waals surface area contributed by atoms with Crippen molar-refractivity contribution in [3.8, 4) is 0 Å². The Morgan fingerprint density at radius 2 is 1.48 bits per heavy atom. The van der Waals surface area contributed by atoms with Gasteiger partial charge in [0.05, 0.1) is 18.9 Å². The number of hydrogen-bond acceptors (Lipinski definition) is 4. The van der Waals surface area contributed by atoms with Crippen LogP contribution in [0.4, 0.5) is 0 Å². The highest BCUT2D eigenvalue weighted by atomic mass is 16.5. The van der Waals surface area contributed by atoms with Crippen LogP contribution in [-0.2, 0) is 16.9 Å². The molecule has 0 amide bonds. The van der Waals surface area contributed by atoms with Crippen LogP contribution >= 0.6 is 0 Å². The Bertz CT molecular complexity index is 822. The summed E-state index contributed by atoms with van der Waals surface area (Å²) in [4.78, 5) is 6.93. The van der Waals surface area contributed by atoms with Gasteiger partial charge < -0.3 is 9.84 Å². The van der Waals surface area contributed by atoms with E-state index in [4.69, 9.17) is 4.74 Å². The summed E-state index contributed by atoms with van der Waals surface area (Å²) in [6, 6.07) is 23.5. The van der Waals surface area contributed by atoms with E-state index in [1.165, 1.54) is 0 Å². The third-order valence-corrected chi connectivity index (χ3v) is 5.09. The van der Waals surface area contributed by atoms with Crippen LogP contribution in [0.2, 0.25) is 0 Å². The van der Waals surface area contributed by atoms with Crippen molar-refractivity contribution in [3.05, 3.63) is 101 Å². The van der Waals surface area contributed by atoms with E-state index in [1.54, 1.807) is 6.20 Å². The SMILES string of the molecule is OC(c1ccccc1)(c1ccccc1)c1cc(CN2CCOCC2)ccn1. The summed E-state index contributed by atoms with van der Waals surface area (Å²) in [7, 11) is 0. The van der Waals surface area contributed by atoms with Crippen LogP contribution in [0.25, 0.3) is 0 Å². The molecule has 0 radical (unpaired) electrons. The zero-order valence-electron chi connectivity index (χ0n) is 15.3. The van der Waals surface area contributed by atoms with Gasteiger partial charge in [0, 0.05) is 25.8 Å². The number of pyridine rings is 1. The minimum Gasteiger partial charge on any atom is -0.379 e. The highest BCUT2D eigenvalue weighted by Gasteiger charge is 2.35. The molecule has 1 aliphatic heterocycles. The first-order chi connectivity index (χ1) is 13.3. The molecule has 27 heavy (non-hydrogen) atoms. The maximum atomic E-state index is 11.9. The van der Waals surface area contributed by atoms with E-state index < -0.39 is 5.60 Å². The van der Waals surface area contributed by atoms with Crippen molar-refractivity contribution in [1.29, 1.82) is 0 Å². The van der Waals surface area contributed by atoms with E-state index in [0.29, 0.717) is 5.69 Å². The standard InChI is InChI=1S/C23H24N2O2/c26-23(20-7-3-1-4-8-20,21-9-5-2-6-10-21)22-17-19(11-12-24-22)18-25-13-15-27-16-14-25/h1-12,17,26H,13-16,18H2. The molecular formula is C23H24N2O2. The molecule has 3 aromatic rings. The Morgan fingerprint density at radius 3 is 2.07 bits per heavy atom. The Morgan fingerprint density at radius 1 is 0.889 bits per heavy atom. The molecule has 0 unspecified atom stereocenters. The molecule has 2 heterocycles. The van der Waals surface area contributed by atoms with E-state index in [9.17, 15) is 5.11 Å². The van der Waals surface area contributed by atoms with Crippen LogP contribution in [0.5, 0.6) is 0 Å². The number of morpholine rings is 1. The van der Waals surface area contributed by atoms with Crippen molar-refractivity contribution in [2.24, 2.45) is 0 Å². The maximum Gasteiger partial charge on any atom is 0.157 e. The summed E-state index contributed by atoms with van der Waals surface area (Å²) in [6.07, 6.45) is 1.79. The molecule has 4 rings (SSSR count). The number of nitrogens with zero attached hydrogens (tertiary/aromatic N) is 2. The van der Waals surface area contributed by atoms with Gasteiger partial charge in [0.1, 0.15) is 0 Å². The summed E-state index contributed by atoms with van der Waals surface area (Å²) >= 11 is 0. The van der Waals surface area contributed by atoms with Crippen molar-refractivity contribution in [2.45, 2.75) is 12.1 Å². The summed E-state index contributed by atoms with van der Waals surface area (Å²) in [5.41, 5.74) is 2.13. The van der Waals surface area contributed by atoms with Gasteiger partial charge in [0.15, 0.2) is 5.60 Å². The lowest BCUT2D eigenvalue weighted by molar-refractivity contribution is 0.0341. The lowest BCUT2D eigenvalue weighted by Crippen LogP contribution is -2.36. The Labute approximate surface area is 160 Å². The molecule has 1 N–H and O–H groups in total. The summed E-state index contributed by atoms with van der Waals surface area (Å²) in [6.45, 7) is 4.24. The molecule has 4 heteroatoms. The first-order valence-corrected chi connectivity index (χ1v) is 9.36. The molecule has 0 spiro atoms. The molecule has 2 aromatic carbocycles. The second-order valence-corrected chi connectivity index (χ2v) is 6.88. The van der Waals surface area contributed by atoms with Crippen molar-refractivity contribution < 1.29 is 9.84 Å². The van der Waals surface area contributed by atoms with Gasteiger partial charge in [-0.2, -0.15) is 0 Å². The quantitative estimate of drug-likeness (QED) is 0.759. The molecule has 4 nitrogen and oxygen atoms in total. The van der Waals surface area contributed by atoms with Gasteiger partial charge in [-0.15, -0.1) is 0 Å². The van der Waals surface area contributed by atoms with E-state index in [2.05, 4.69) is 9.88 Å². The largest absolute Gasteiger partial charge is 0.379 e. The molecule has 138 valence electrons. The molecule has 0 bridgehead atoms. The number of rotatable bonds is 5. The maximum absolute atomic E-state index is 11.9. The van der Waals surface area contributed by atoms with E-state index in [-0.39, 0.29) is 0 Å². The van der Waals surface area contributed by atoms with Crippen LogP contribution in [0.15, 0.2) is 79.0 Å². The highest BCUT2D eigenvalue weighted by Crippen LogP contribution is 2.35. The second kappa shape index (κ2) is 8.01. The fourth-order valence-electron chi connectivity index (χ4n) is 3.61. The molecule has 1 aromatic heterocycles. The third kappa shape index (κ3) is 3.78. The third-order valence-electron chi connectivity index (χ3n) is 5.09. The van der Waals surface area contributed by atoms with E-state index >= 15 is 0 Å². The summed E-state index contributed by atoms with van der Waals surface area (Å²) < 4.78 is 5.44. The highest BCUT2D eigenvalue weighted by molar-refractivity contribution is 5.45. The van der Waals surface area contributed by atoms with Crippen LogP contribution in [0.3, 0.4) is 0 Å². The summed E-state index contributed by atoms with van der Waals surface area (Å²) in [5, 5.41) is 11.9. The molecular weight excluding hydrogens is 336 g/mol. The molecule has 0 aliphatic carbocycles. The van der Waals surface area contributed by atoms with Gasteiger partial charge in [-0.1, -0.05) is 60.7 Å². The Kier molecular flexibility index (Phi) is 5.30. The molecule has 1 aliphatic rings. The Balaban J connectivity index is 1.73. The number of benzene rings is 2. The fraction of sp³-hybridized carbons (Fsp3) is 0.261. The fourth-order valence-corrected chi connectivity index (χ4v) is 3.61. The van der Waals surface area contributed by atoms with Gasteiger partial charge in [-0.25, -0.2) is 0 Å². The minimum absolute atomic E-state index is 0.644. The average Bonchev–Trinajstić information content (AvgIpc) is 2.75. The molecule has 1 fully saturated rings. The van der Waals surface area contributed by atoms with E-state index in [1.807, 2.05) is 72.8 Å². The molecule has 0 atom stereocenters. The van der Waals surface area contributed by atoms with Crippen LogP contribution in [0.1, 0.15) is 22.4 Å². The normalized spacial score (nSPS) is 15.6. The lowest BCUT2D eigenvalue weighted by atomic mass is 9.83. The average molecular weight is 360 g/mol. The zero-order valence-corrected chi connectivity index (χ0v) is 15.3. The predicted molar refractivity (Wildman–Crippen MR) is 105 cm³/mol. The van der Waals surface area contributed by atoms with Crippen LogP contribution in [-0.4, -0.2) is 41.3 Å². The molecule has 1 saturated heterocycles. The Hall–Kier alpha value is -2.53. The van der Waals surface area contributed by atoms with Crippen molar-refractivity contribution >= 4 is 0 Å². The lowest BCUT2D eigenvalue weighted by Gasteiger charge is -2.30. The van der Waals surface area contributed by atoms with Crippen molar-refractivity contribution in [1.82, 2.24) is 9.88 Å². The van der Waals surface area contributed by atoms with Gasteiger partial charge in [0.2, 0.25) is 0 Å². The van der Waals surface area contributed by atoms with Gasteiger partial charge in [0.25, 0.3) is 0 Å². The molecule has 0 saturated carbocycles. The number of ether oxygens (including phenoxy) is 1. The number of aliphatic hydroxyl groups is 1. The summed E-state index contributed by atoms with van der Waals surface area (Å²) in [5.74, 6) is 0. The van der Waals surface area contributed by atoms with Gasteiger partial charge in [-0.05, 0) is 28.8 Å². The minimum atomic E-state index is -1.29. The predicted octanol–water partition coefficient (Wildman–Crippen LogP) is 3.20. The zero-order chi connectivity index (χ0) is 18.5. The van der Waals surface area contributed by atoms with Gasteiger partial charge >= 0.3 is 0 Å². The number of hydrogen-bond donors (Lipinski definition) is 1. The van der Waals surface area contributed by atoms with E-state index in [0.717, 1.165) is 49.5 Å². The van der Waals surface area contributed by atoms with Crippen molar-refractivity contribution in [2.75, 3.05) is 26.3 Å². The monoisotopic (exact) mass is 360 g/mol. The second-order valence-electron chi connectivity index (χ2n) is 6.88. The smallest absolute Gasteiger partial charge is 0.157 e. The number of aromatic nitrogens is 1. The van der Waals surface area contributed by atoms with Gasteiger partial charge in [-0.3, -0.25) is 9.88 Å². The first-order valence-electron chi connectivity index (χ1n) is 9.36.